The van der Waals surface area contributed by atoms with E-state index in [9.17, 15) is 9.59 Å². The molecule has 1 heterocycles. The summed E-state index contributed by atoms with van der Waals surface area (Å²) in [7, 11) is 1.54. The van der Waals surface area contributed by atoms with E-state index in [0.717, 1.165) is 22.9 Å². The molecule has 0 unspecified atom stereocenters. The van der Waals surface area contributed by atoms with E-state index in [0.29, 0.717) is 16.9 Å². The standard InChI is InChI=1S/C21H19NO3/c1-3-14-8-10-17(20(12-14)25-2)19(23)11-9-16-13-15-6-4-5-7-18(15)22-21(16)24/h4-13H,3H2,1-2H3,(H,22,24)/b11-9+. The van der Waals surface area contributed by atoms with E-state index in [1.54, 1.807) is 25.3 Å². The number of carbonyl (C=O) groups is 1. The largest absolute Gasteiger partial charge is 0.496 e. The fourth-order valence-corrected chi connectivity index (χ4v) is 2.70. The number of methoxy groups -OCH3 is 1. The first-order valence-electron chi connectivity index (χ1n) is 8.13. The van der Waals surface area contributed by atoms with Gasteiger partial charge < -0.3 is 9.72 Å². The molecule has 0 saturated carbocycles. The van der Waals surface area contributed by atoms with Crippen molar-refractivity contribution in [2.45, 2.75) is 13.3 Å². The van der Waals surface area contributed by atoms with Crippen molar-refractivity contribution in [1.29, 1.82) is 0 Å². The van der Waals surface area contributed by atoms with E-state index in [-0.39, 0.29) is 11.3 Å². The Hall–Kier alpha value is -3.14. The number of nitrogens with one attached hydrogen (secondary N) is 1. The van der Waals surface area contributed by atoms with E-state index in [1.165, 1.54) is 6.08 Å². The lowest BCUT2D eigenvalue weighted by atomic mass is 10.0. The highest BCUT2D eigenvalue weighted by molar-refractivity contribution is 6.08. The highest BCUT2D eigenvalue weighted by Gasteiger charge is 2.10. The van der Waals surface area contributed by atoms with Crippen molar-refractivity contribution >= 4 is 22.8 Å². The maximum absolute atomic E-state index is 12.5. The van der Waals surface area contributed by atoms with Crippen LogP contribution in [0.1, 0.15) is 28.4 Å². The molecule has 0 bridgehead atoms. The zero-order valence-corrected chi connectivity index (χ0v) is 14.2. The molecule has 4 heteroatoms. The summed E-state index contributed by atoms with van der Waals surface area (Å²) >= 11 is 0. The number of allylic oxidation sites excluding steroid dienone is 1. The summed E-state index contributed by atoms with van der Waals surface area (Å²) in [6, 6.07) is 14.8. The minimum absolute atomic E-state index is 0.202. The second kappa shape index (κ2) is 7.18. The third kappa shape index (κ3) is 3.53. The zero-order chi connectivity index (χ0) is 17.8. The lowest BCUT2D eigenvalue weighted by Crippen LogP contribution is -2.09. The number of aromatic nitrogens is 1. The molecule has 2 aromatic carbocycles. The molecule has 0 radical (unpaired) electrons. The number of ether oxygens (including phenoxy) is 1. The third-order valence-corrected chi connectivity index (χ3v) is 4.14. The first kappa shape index (κ1) is 16.7. The van der Waals surface area contributed by atoms with Crippen molar-refractivity contribution in [3.05, 3.63) is 81.7 Å². The van der Waals surface area contributed by atoms with Gasteiger partial charge >= 0.3 is 0 Å². The fourth-order valence-electron chi connectivity index (χ4n) is 2.70. The molecule has 0 aliphatic carbocycles. The SMILES string of the molecule is CCc1ccc(C(=O)/C=C/c2cc3ccccc3[nH]c2=O)c(OC)c1. The van der Waals surface area contributed by atoms with Crippen LogP contribution in [0.25, 0.3) is 17.0 Å². The van der Waals surface area contributed by atoms with E-state index in [4.69, 9.17) is 4.74 Å². The van der Waals surface area contributed by atoms with E-state index in [1.807, 2.05) is 43.3 Å². The molecule has 0 atom stereocenters. The molecule has 0 saturated heterocycles. The molecule has 4 nitrogen and oxygen atoms in total. The number of pyridine rings is 1. The lowest BCUT2D eigenvalue weighted by Gasteiger charge is -2.07. The number of para-hydroxylation sites is 1. The van der Waals surface area contributed by atoms with Gasteiger partial charge in [-0.1, -0.05) is 31.2 Å². The van der Waals surface area contributed by atoms with Crippen LogP contribution in [-0.4, -0.2) is 17.9 Å². The van der Waals surface area contributed by atoms with Gasteiger partial charge in [0.1, 0.15) is 5.75 Å². The van der Waals surface area contributed by atoms with Crippen molar-refractivity contribution < 1.29 is 9.53 Å². The molecule has 0 fully saturated rings. The zero-order valence-electron chi connectivity index (χ0n) is 14.2. The number of fused-ring (bicyclic) bond motifs is 1. The molecule has 0 spiro atoms. The topological polar surface area (TPSA) is 59.2 Å². The number of rotatable bonds is 5. The normalized spacial score (nSPS) is 11.1. The van der Waals surface area contributed by atoms with E-state index < -0.39 is 0 Å². The van der Waals surface area contributed by atoms with Gasteiger partial charge in [-0.3, -0.25) is 9.59 Å². The second-order valence-electron chi connectivity index (χ2n) is 5.73. The van der Waals surface area contributed by atoms with Crippen LogP contribution in [0.3, 0.4) is 0 Å². The highest BCUT2D eigenvalue weighted by atomic mass is 16.5. The number of aryl methyl sites for hydroxylation is 1. The van der Waals surface area contributed by atoms with Gasteiger partial charge in [-0.25, -0.2) is 0 Å². The average Bonchev–Trinajstić information content (AvgIpc) is 2.65. The molecular weight excluding hydrogens is 314 g/mol. The number of ketones is 1. The molecule has 0 aliphatic rings. The van der Waals surface area contributed by atoms with Crippen LogP contribution < -0.4 is 10.3 Å². The number of benzene rings is 2. The summed E-state index contributed by atoms with van der Waals surface area (Å²) in [6.45, 7) is 2.04. The number of hydrogen-bond acceptors (Lipinski definition) is 3. The molecule has 3 aromatic rings. The Labute approximate surface area is 145 Å². The van der Waals surface area contributed by atoms with Gasteiger partial charge in [0.05, 0.1) is 12.7 Å². The highest BCUT2D eigenvalue weighted by Crippen LogP contribution is 2.22. The van der Waals surface area contributed by atoms with Crippen LogP contribution in [0.2, 0.25) is 0 Å². The van der Waals surface area contributed by atoms with Crippen molar-refractivity contribution in [1.82, 2.24) is 4.98 Å². The number of H-pyrrole nitrogens is 1. The summed E-state index contributed by atoms with van der Waals surface area (Å²) < 4.78 is 5.32. The number of hydrogen-bond donors (Lipinski definition) is 1. The Morgan fingerprint density at radius 3 is 2.72 bits per heavy atom. The minimum Gasteiger partial charge on any atom is -0.496 e. The van der Waals surface area contributed by atoms with Gasteiger partial charge in [0.25, 0.3) is 5.56 Å². The Morgan fingerprint density at radius 1 is 1.16 bits per heavy atom. The van der Waals surface area contributed by atoms with Gasteiger partial charge in [-0.05, 0) is 53.8 Å². The first-order chi connectivity index (χ1) is 12.1. The van der Waals surface area contributed by atoms with Crippen LogP contribution in [0.4, 0.5) is 0 Å². The fraction of sp³-hybridized carbons (Fsp3) is 0.143. The predicted octanol–water partition coefficient (Wildman–Crippen LogP) is 4.00. The van der Waals surface area contributed by atoms with Crippen molar-refractivity contribution in [3.63, 3.8) is 0 Å². The monoisotopic (exact) mass is 333 g/mol. The molecule has 126 valence electrons. The quantitative estimate of drug-likeness (QED) is 0.567. The van der Waals surface area contributed by atoms with Gasteiger partial charge in [0.15, 0.2) is 5.78 Å². The van der Waals surface area contributed by atoms with Gasteiger partial charge in [-0.2, -0.15) is 0 Å². The third-order valence-electron chi connectivity index (χ3n) is 4.14. The number of carbonyl (C=O) groups excluding carboxylic acids is 1. The predicted molar refractivity (Wildman–Crippen MR) is 100 cm³/mol. The van der Waals surface area contributed by atoms with Crippen molar-refractivity contribution in [2.75, 3.05) is 7.11 Å². The van der Waals surface area contributed by atoms with Gasteiger partial charge in [0.2, 0.25) is 0 Å². The molecule has 1 aromatic heterocycles. The molecular formula is C21H19NO3. The Morgan fingerprint density at radius 2 is 1.96 bits per heavy atom. The van der Waals surface area contributed by atoms with Crippen LogP contribution in [0.15, 0.2) is 59.4 Å². The molecule has 25 heavy (non-hydrogen) atoms. The average molecular weight is 333 g/mol. The molecule has 0 aliphatic heterocycles. The Bertz CT molecular complexity index is 1020. The summed E-state index contributed by atoms with van der Waals surface area (Å²) in [6.07, 6.45) is 3.82. The van der Waals surface area contributed by atoms with Crippen molar-refractivity contribution in [3.8, 4) is 5.75 Å². The second-order valence-corrected chi connectivity index (χ2v) is 5.73. The van der Waals surface area contributed by atoms with Crippen LogP contribution in [-0.2, 0) is 6.42 Å². The maximum atomic E-state index is 12.5. The maximum Gasteiger partial charge on any atom is 0.255 e. The first-order valence-corrected chi connectivity index (χ1v) is 8.13. The molecule has 0 amide bonds. The summed E-state index contributed by atoms with van der Waals surface area (Å²) in [5.41, 5.74) is 2.57. The Kier molecular flexibility index (Phi) is 4.80. The summed E-state index contributed by atoms with van der Waals surface area (Å²) in [5, 5.41) is 0.916. The summed E-state index contributed by atoms with van der Waals surface area (Å²) in [5.74, 6) is 0.341. The lowest BCUT2D eigenvalue weighted by molar-refractivity contribution is 0.104. The van der Waals surface area contributed by atoms with Crippen LogP contribution >= 0.6 is 0 Å². The van der Waals surface area contributed by atoms with Gasteiger partial charge in [0, 0.05) is 11.1 Å². The van der Waals surface area contributed by atoms with E-state index in [2.05, 4.69) is 4.98 Å². The molecule has 1 N–H and O–H groups in total. The minimum atomic E-state index is -0.226. The van der Waals surface area contributed by atoms with Crippen LogP contribution in [0.5, 0.6) is 5.75 Å². The summed E-state index contributed by atoms with van der Waals surface area (Å²) in [4.78, 5) is 27.5. The van der Waals surface area contributed by atoms with Gasteiger partial charge in [-0.15, -0.1) is 0 Å². The van der Waals surface area contributed by atoms with Crippen LogP contribution in [0, 0.1) is 0 Å². The molecule has 3 rings (SSSR count). The number of aromatic amines is 1. The van der Waals surface area contributed by atoms with Crippen molar-refractivity contribution in [2.24, 2.45) is 0 Å². The smallest absolute Gasteiger partial charge is 0.255 e. The van der Waals surface area contributed by atoms with E-state index >= 15 is 0 Å². The Balaban J connectivity index is 1.93.